The van der Waals surface area contributed by atoms with Crippen molar-refractivity contribution < 1.29 is 14.3 Å². The molecule has 15 heavy (non-hydrogen) atoms. The van der Waals surface area contributed by atoms with Crippen molar-refractivity contribution in [3.63, 3.8) is 0 Å². The number of carbonyl (C=O) groups excluding carboxylic acids is 1. The van der Waals surface area contributed by atoms with Gasteiger partial charge in [0, 0.05) is 13.1 Å². The van der Waals surface area contributed by atoms with Crippen LogP contribution in [0.2, 0.25) is 0 Å². The smallest absolute Gasteiger partial charge is 0.293 e. The minimum atomic E-state index is -1.25. The number of aromatic nitrogens is 1. The van der Waals surface area contributed by atoms with Gasteiger partial charge in [-0.25, -0.2) is 4.98 Å². The van der Waals surface area contributed by atoms with Crippen molar-refractivity contribution in [3.05, 3.63) is 30.5 Å². The number of β-amino-alcohol motifs (C(OH)–C–C–N with tert-alkyl or cyclic N) is 1. The number of rotatable bonds is 3. The van der Waals surface area contributed by atoms with Crippen molar-refractivity contribution in [2.75, 3.05) is 13.1 Å². The molecule has 0 saturated carbocycles. The predicted octanol–water partition coefficient (Wildman–Crippen LogP) is -0.457. The van der Waals surface area contributed by atoms with Crippen molar-refractivity contribution in [3.8, 4) is 0 Å². The highest BCUT2D eigenvalue weighted by Gasteiger charge is 2.35. The molecule has 1 N–H and O–H groups in total. The van der Waals surface area contributed by atoms with Gasteiger partial charge in [0.1, 0.15) is 6.26 Å². The second-order valence-corrected chi connectivity index (χ2v) is 3.38. The van der Waals surface area contributed by atoms with Gasteiger partial charge in [-0.2, -0.15) is 0 Å². The molecule has 0 spiro atoms. The predicted molar refractivity (Wildman–Crippen MR) is 53.6 cm³/mol. The van der Waals surface area contributed by atoms with E-state index in [0.717, 1.165) is 0 Å². The average molecular weight is 205 g/mol. The summed E-state index contributed by atoms with van der Waals surface area (Å²) in [5, 5.41) is 10.2. The van der Waals surface area contributed by atoms with E-state index < -0.39 is 5.60 Å². The minimum absolute atomic E-state index is 0.239. The molecular weight excluding hydrogens is 195 g/mol. The molecule has 0 fully saturated rings. The van der Waals surface area contributed by atoms with Crippen LogP contribution in [0, 0.1) is 0 Å². The van der Waals surface area contributed by atoms with Crippen LogP contribution in [-0.2, 0) is 10.4 Å². The standard InChI is InChI=1S/C9H10BN2O3/c13-7-10-12-4-1-2-9(14,6-12)8-11-3-5-15-8/h1-3,5,7,14H,4,6H2. The Morgan fingerprint density at radius 1 is 1.73 bits per heavy atom. The van der Waals surface area contributed by atoms with E-state index >= 15 is 0 Å². The first-order valence-corrected chi connectivity index (χ1v) is 4.57. The summed E-state index contributed by atoms with van der Waals surface area (Å²) in [5.74, 6) is 0.239. The molecular formula is C9H10BN2O3. The number of hydrogen-bond donors (Lipinski definition) is 1. The Kier molecular flexibility index (Phi) is 2.70. The maximum atomic E-state index is 10.3. The molecule has 77 valence electrons. The molecule has 0 saturated heterocycles. The zero-order chi connectivity index (χ0) is 10.7. The van der Waals surface area contributed by atoms with E-state index in [4.69, 9.17) is 4.42 Å². The lowest BCUT2D eigenvalue weighted by molar-refractivity contribution is 0.0355. The van der Waals surface area contributed by atoms with E-state index in [0.29, 0.717) is 12.7 Å². The Balaban J connectivity index is 2.19. The van der Waals surface area contributed by atoms with Crippen LogP contribution in [0.4, 0.5) is 0 Å². The minimum Gasteiger partial charge on any atom is -0.446 e. The normalized spacial score (nSPS) is 26.5. The lowest BCUT2D eigenvalue weighted by atomic mass is 9.88. The van der Waals surface area contributed by atoms with Crippen molar-refractivity contribution in [1.82, 2.24) is 9.79 Å². The highest BCUT2D eigenvalue weighted by Crippen LogP contribution is 2.24. The van der Waals surface area contributed by atoms with Crippen molar-refractivity contribution in [2.24, 2.45) is 0 Å². The van der Waals surface area contributed by atoms with E-state index in [2.05, 4.69) is 4.98 Å². The maximum Gasteiger partial charge on any atom is 0.293 e. The van der Waals surface area contributed by atoms with Gasteiger partial charge in [-0.1, -0.05) is 6.08 Å². The first kappa shape index (κ1) is 10.1. The summed E-state index contributed by atoms with van der Waals surface area (Å²) in [6.07, 6.45) is 6.98. The third kappa shape index (κ3) is 2.00. The zero-order valence-corrected chi connectivity index (χ0v) is 8.04. The van der Waals surface area contributed by atoms with Crippen molar-refractivity contribution in [2.45, 2.75) is 5.60 Å². The second kappa shape index (κ2) is 4.00. The fourth-order valence-electron chi connectivity index (χ4n) is 1.59. The molecule has 5 nitrogen and oxygen atoms in total. The molecule has 1 atom stereocenters. The molecule has 1 aliphatic rings. The van der Waals surface area contributed by atoms with Crippen LogP contribution >= 0.6 is 0 Å². The van der Waals surface area contributed by atoms with Crippen LogP contribution in [0.3, 0.4) is 0 Å². The van der Waals surface area contributed by atoms with Gasteiger partial charge in [0.05, 0.1) is 12.4 Å². The summed E-state index contributed by atoms with van der Waals surface area (Å²) in [5.41, 5.74) is -1.25. The number of hydrogen-bond acceptors (Lipinski definition) is 5. The van der Waals surface area contributed by atoms with Gasteiger partial charge in [0.25, 0.3) is 7.41 Å². The van der Waals surface area contributed by atoms with E-state index in [1.54, 1.807) is 17.0 Å². The van der Waals surface area contributed by atoms with Gasteiger partial charge in [0.15, 0.2) is 5.60 Å². The van der Waals surface area contributed by atoms with Gasteiger partial charge < -0.3 is 19.1 Å². The summed E-state index contributed by atoms with van der Waals surface area (Å²) >= 11 is 0. The number of nitrogens with zero attached hydrogens (tertiary/aromatic N) is 2. The van der Waals surface area contributed by atoms with E-state index in [-0.39, 0.29) is 12.4 Å². The van der Waals surface area contributed by atoms with Gasteiger partial charge in [0.2, 0.25) is 5.89 Å². The molecule has 2 rings (SSSR count). The molecule has 0 aliphatic carbocycles. The maximum absolute atomic E-state index is 10.3. The topological polar surface area (TPSA) is 66.6 Å². The lowest BCUT2D eigenvalue weighted by Gasteiger charge is -2.31. The first-order valence-electron chi connectivity index (χ1n) is 4.57. The molecule has 1 unspecified atom stereocenters. The Hall–Kier alpha value is -1.40. The zero-order valence-electron chi connectivity index (χ0n) is 8.04. The van der Waals surface area contributed by atoms with E-state index in [1.807, 2.05) is 0 Å². The molecule has 1 aromatic rings. The van der Waals surface area contributed by atoms with Crippen LogP contribution in [-0.4, -0.2) is 41.6 Å². The Morgan fingerprint density at radius 3 is 3.27 bits per heavy atom. The molecule has 0 bridgehead atoms. The summed E-state index contributed by atoms with van der Waals surface area (Å²) in [4.78, 5) is 15.9. The SMILES string of the molecule is O=C[B]N1CC=CC(O)(c2ncco2)C1. The summed E-state index contributed by atoms with van der Waals surface area (Å²) < 4.78 is 5.06. The van der Waals surface area contributed by atoms with Gasteiger partial charge in [-0.3, -0.25) is 0 Å². The van der Waals surface area contributed by atoms with Crippen LogP contribution < -0.4 is 0 Å². The molecule has 1 aliphatic heterocycles. The molecule has 0 aromatic carbocycles. The number of aliphatic hydroxyl groups is 1. The van der Waals surface area contributed by atoms with Gasteiger partial charge in [-0.05, 0) is 6.08 Å². The largest absolute Gasteiger partial charge is 0.446 e. The van der Waals surface area contributed by atoms with Gasteiger partial charge >= 0.3 is 0 Å². The third-order valence-corrected chi connectivity index (χ3v) is 2.25. The molecule has 1 radical (unpaired) electrons. The Bertz CT molecular complexity index is 365. The van der Waals surface area contributed by atoms with Gasteiger partial charge in [-0.15, -0.1) is 0 Å². The summed E-state index contributed by atoms with van der Waals surface area (Å²) in [7, 11) is 1.39. The van der Waals surface area contributed by atoms with Crippen LogP contribution in [0.15, 0.2) is 29.0 Å². The second-order valence-electron chi connectivity index (χ2n) is 3.38. The summed E-state index contributed by atoms with van der Waals surface area (Å²) in [6.45, 7) is 0.866. The lowest BCUT2D eigenvalue weighted by Crippen LogP contribution is -2.45. The fourth-order valence-corrected chi connectivity index (χ4v) is 1.59. The Labute approximate surface area is 87.7 Å². The Morgan fingerprint density at radius 2 is 2.60 bits per heavy atom. The van der Waals surface area contributed by atoms with E-state index in [9.17, 15) is 9.90 Å². The van der Waals surface area contributed by atoms with Crippen molar-refractivity contribution >= 4 is 13.6 Å². The highest BCUT2D eigenvalue weighted by atomic mass is 16.4. The highest BCUT2D eigenvalue weighted by molar-refractivity contribution is 6.64. The molecule has 2 heterocycles. The monoisotopic (exact) mass is 205 g/mol. The fraction of sp³-hybridized carbons (Fsp3) is 0.333. The molecule has 1 aromatic heterocycles. The number of oxazole rings is 1. The molecule has 6 heteroatoms. The quantitative estimate of drug-likeness (QED) is 0.411. The first-order chi connectivity index (χ1) is 7.24. The van der Waals surface area contributed by atoms with Crippen LogP contribution in [0.5, 0.6) is 0 Å². The van der Waals surface area contributed by atoms with E-state index in [1.165, 1.54) is 19.9 Å². The van der Waals surface area contributed by atoms with Crippen LogP contribution in [0.25, 0.3) is 0 Å². The third-order valence-electron chi connectivity index (χ3n) is 2.25. The van der Waals surface area contributed by atoms with Crippen molar-refractivity contribution in [1.29, 1.82) is 0 Å². The molecule has 0 amide bonds. The van der Waals surface area contributed by atoms with Crippen LogP contribution in [0.1, 0.15) is 5.89 Å². The summed E-state index contributed by atoms with van der Waals surface area (Å²) in [6, 6.07) is 0. The number of carbonyl (C=O) groups is 1. The average Bonchev–Trinajstić information content (AvgIpc) is 2.71.